The third-order valence-corrected chi connectivity index (χ3v) is 6.21. The minimum atomic E-state index is -5.33. The summed E-state index contributed by atoms with van der Waals surface area (Å²) in [5, 5.41) is 0. The highest BCUT2D eigenvalue weighted by atomic mass is 19.4. The highest BCUT2D eigenvalue weighted by Gasteiger charge is 2.50. The highest BCUT2D eigenvalue weighted by molar-refractivity contribution is 6.04. The molecule has 0 saturated carbocycles. The van der Waals surface area contributed by atoms with E-state index in [0.717, 1.165) is 15.4 Å². The van der Waals surface area contributed by atoms with Gasteiger partial charge in [0.2, 0.25) is 0 Å². The first-order chi connectivity index (χ1) is 17.6. The number of aromatic amines is 1. The van der Waals surface area contributed by atoms with Crippen LogP contribution in [0.2, 0.25) is 0 Å². The highest BCUT2D eigenvalue weighted by Crippen LogP contribution is 2.35. The predicted octanol–water partition coefficient (Wildman–Crippen LogP) is 2.85. The normalized spacial score (nSPS) is 19.6. The average Bonchev–Trinajstić information content (AvgIpc) is 3.24. The number of carbonyl (C=O) groups excluding carboxylic acids is 3. The number of hydrogen-bond acceptors (Lipinski definition) is 6. The summed E-state index contributed by atoms with van der Waals surface area (Å²) in [5.74, 6) is -3.45. The summed E-state index contributed by atoms with van der Waals surface area (Å²) in [6.07, 6.45) is -6.69. The second kappa shape index (κ2) is 9.26. The fraction of sp³-hybridized carbons (Fsp3) is 0.280. The number of anilines is 1. The molecule has 1 N–H and O–H groups in total. The standard InChI is InChI=1S/C25H21F3N4O5/c1-31-16-9-5-6-10-17(16)36-23(37-24(35)25(26,27)28)20(22(31)34)32-12-11-15-19(21(32)33)30-18(29-15)13-14-7-3-2-4-8-14/h2-10,20,23H,11-13H2,1H3,(H,29,30)/t20-,23?/m1/s1. The van der Waals surface area contributed by atoms with Crippen LogP contribution in [0.25, 0.3) is 0 Å². The van der Waals surface area contributed by atoms with Crippen molar-refractivity contribution in [1.82, 2.24) is 14.9 Å². The van der Waals surface area contributed by atoms with Crippen LogP contribution in [0.15, 0.2) is 54.6 Å². The monoisotopic (exact) mass is 514 g/mol. The van der Waals surface area contributed by atoms with Gasteiger partial charge in [-0.15, -0.1) is 0 Å². The number of fused-ring (bicyclic) bond motifs is 2. The van der Waals surface area contributed by atoms with E-state index < -0.39 is 36.3 Å². The van der Waals surface area contributed by atoms with E-state index in [-0.39, 0.29) is 30.1 Å². The number of esters is 1. The smallest absolute Gasteiger partial charge is 0.450 e. The Labute approximate surface area is 208 Å². The lowest BCUT2D eigenvalue weighted by molar-refractivity contribution is -0.221. The molecule has 2 aromatic carbocycles. The first-order valence-electron chi connectivity index (χ1n) is 11.4. The number of H-pyrrole nitrogens is 1. The summed E-state index contributed by atoms with van der Waals surface area (Å²) in [7, 11) is 1.40. The van der Waals surface area contributed by atoms with Gasteiger partial charge in [0.15, 0.2) is 6.04 Å². The summed E-state index contributed by atoms with van der Waals surface area (Å²) in [6.45, 7) is -0.0389. The van der Waals surface area contributed by atoms with E-state index in [1.54, 1.807) is 12.1 Å². The van der Waals surface area contributed by atoms with Gasteiger partial charge in [-0.1, -0.05) is 42.5 Å². The van der Waals surface area contributed by atoms with Crippen molar-refractivity contribution in [2.45, 2.75) is 31.3 Å². The minimum absolute atomic E-state index is 0.0240. The fourth-order valence-corrected chi connectivity index (χ4v) is 4.43. The third-order valence-electron chi connectivity index (χ3n) is 6.21. The number of nitrogens with one attached hydrogen (secondary N) is 1. The topological polar surface area (TPSA) is 105 Å². The van der Waals surface area contributed by atoms with E-state index in [1.807, 2.05) is 30.3 Å². The maximum atomic E-state index is 13.5. The largest absolute Gasteiger partial charge is 0.491 e. The predicted molar refractivity (Wildman–Crippen MR) is 123 cm³/mol. The number of rotatable bonds is 4. The Balaban J connectivity index is 1.48. The molecule has 9 nitrogen and oxygen atoms in total. The van der Waals surface area contributed by atoms with Crippen LogP contribution in [-0.2, 0) is 27.2 Å². The van der Waals surface area contributed by atoms with E-state index in [0.29, 0.717) is 17.9 Å². The summed E-state index contributed by atoms with van der Waals surface area (Å²) >= 11 is 0. The third kappa shape index (κ3) is 4.61. The maximum absolute atomic E-state index is 13.5. The van der Waals surface area contributed by atoms with E-state index in [4.69, 9.17) is 4.74 Å². The number of benzene rings is 2. The molecule has 0 spiro atoms. The Bertz CT molecular complexity index is 1360. The lowest BCUT2D eigenvalue weighted by Gasteiger charge is -2.36. The van der Waals surface area contributed by atoms with Gasteiger partial charge >= 0.3 is 12.1 Å². The van der Waals surface area contributed by atoms with Crippen LogP contribution in [0, 0.1) is 0 Å². The van der Waals surface area contributed by atoms with Gasteiger partial charge in [-0.3, -0.25) is 9.59 Å². The Morgan fingerprint density at radius 1 is 1.14 bits per heavy atom. The number of hydrogen-bond donors (Lipinski definition) is 1. The number of alkyl halides is 3. The average molecular weight is 514 g/mol. The van der Waals surface area contributed by atoms with Gasteiger partial charge in [-0.2, -0.15) is 13.2 Å². The SMILES string of the molecule is CN1C(=O)[C@@H](N2CCc3[nH]c(Cc4ccccc4)nc3C2=O)C(OC(=O)C(F)(F)F)Oc2ccccc21. The van der Waals surface area contributed by atoms with Gasteiger partial charge in [-0.05, 0) is 17.7 Å². The van der Waals surface area contributed by atoms with Crippen LogP contribution in [0.1, 0.15) is 27.6 Å². The van der Waals surface area contributed by atoms with Crippen molar-refractivity contribution >= 4 is 23.5 Å². The summed E-state index contributed by atoms with van der Waals surface area (Å²) < 4.78 is 49.5. The second-order valence-electron chi connectivity index (χ2n) is 8.62. The molecule has 0 saturated heterocycles. The molecule has 3 aromatic rings. The van der Waals surface area contributed by atoms with Gasteiger partial charge in [0, 0.05) is 32.1 Å². The Kier molecular flexibility index (Phi) is 6.10. The molecule has 0 bridgehead atoms. The maximum Gasteiger partial charge on any atom is 0.491 e. The second-order valence-corrected chi connectivity index (χ2v) is 8.62. The van der Waals surface area contributed by atoms with Crippen molar-refractivity contribution in [2.75, 3.05) is 18.5 Å². The Hall–Kier alpha value is -4.35. The number of para-hydroxylation sites is 2. The molecule has 2 aliphatic rings. The van der Waals surface area contributed by atoms with Crippen molar-refractivity contribution < 1.29 is 37.0 Å². The molecule has 0 radical (unpaired) electrons. The lowest BCUT2D eigenvalue weighted by atomic mass is 10.1. The number of nitrogens with zero attached hydrogens (tertiary/aromatic N) is 3. The van der Waals surface area contributed by atoms with Crippen LogP contribution in [0.4, 0.5) is 18.9 Å². The zero-order chi connectivity index (χ0) is 26.3. The zero-order valence-electron chi connectivity index (χ0n) is 19.5. The molecule has 5 rings (SSSR count). The molecular weight excluding hydrogens is 493 g/mol. The van der Waals surface area contributed by atoms with Gasteiger partial charge in [0.05, 0.1) is 5.69 Å². The van der Waals surface area contributed by atoms with Gasteiger partial charge < -0.3 is 24.3 Å². The van der Waals surface area contributed by atoms with Crippen molar-refractivity contribution in [3.8, 4) is 5.75 Å². The molecule has 2 aliphatic heterocycles. The van der Waals surface area contributed by atoms with Crippen LogP contribution in [-0.4, -0.2) is 64.8 Å². The quantitative estimate of drug-likeness (QED) is 0.537. The number of ether oxygens (including phenoxy) is 2. The van der Waals surface area contributed by atoms with E-state index in [2.05, 4.69) is 14.7 Å². The van der Waals surface area contributed by atoms with Gasteiger partial charge in [-0.25, -0.2) is 9.78 Å². The molecular formula is C25H21F3N4O5. The molecule has 1 aromatic heterocycles. The summed E-state index contributed by atoms with van der Waals surface area (Å²) in [6, 6.07) is 13.9. The summed E-state index contributed by atoms with van der Waals surface area (Å²) in [4.78, 5) is 48.5. The van der Waals surface area contributed by atoms with Crippen LogP contribution < -0.4 is 9.64 Å². The number of amides is 2. The van der Waals surface area contributed by atoms with Crippen LogP contribution in [0.5, 0.6) is 5.75 Å². The molecule has 1 unspecified atom stereocenters. The van der Waals surface area contributed by atoms with Crippen molar-refractivity contribution in [3.05, 3.63) is 77.4 Å². The first-order valence-corrected chi connectivity index (χ1v) is 11.4. The molecule has 12 heteroatoms. The van der Waals surface area contributed by atoms with Gasteiger partial charge in [0.1, 0.15) is 17.3 Å². The molecule has 0 fully saturated rings. The van der Waals surface area contributed by atoms with Crippen molar-refractivity contribution in [1.29, 1.82) is 0 Å². The van der Waals surface area contributed by atoms with E-state index >= 15 is 0 Å². The fourth-order valence-electron chi connectivity index (χ4n) is 4.43. The van der Waals surface area contributed by atoms with E-state index in [9.17, 15) is 27.6 Å². The molecule has 0 aliphatic carbocycles. The van der Waals surface area contributed by atoms with Crippen LogP contribution in [0.3, 0.4) is 0 Å². The van der Waals surface area contributed by atoms with E-state index in [1.165, 1.54) is 19.2 Å². The Morgan fingerprint density at radius 2 is 1.84 bits per heavy atom. The molecule has 2 amide bonds. The number of aromatic nitrogens is 2. The molecule has 3 heterocycles. The van der Waals surface area contributed by atoms with Crippen molar-refractivity contribution in [3.63, 3.8) is 0 Å². The molecule has 2 atom stereocenters. The number of likely N-dealkylation sites (N-methyl/N-ethyl adjacent to an activating group) is 1. The lowest BCUT2D eigenvalue weighted by Crippen LogP contribution is -2.59. The van der Waals surface area contributed by atoms with Gasteiger partial charge in [0.25, 0.3) is 18.1 Å². The Morgan fingerprint density at radius 3 is 2.57 bits per heavy atom. The molecule has 37 heavy (non-hydrogen) atoms. The molecule has 192 valence electrons. The number of halogens is 3. The van der Waals surface area contributed by atoms with Crippen molar-refractivity contribution in [2.24, 2.45) is 0 Å². The minimum Gasteiger partial charge on any atom is -0.450 e. The summed E-state index contributed by atoms with van der Waals surface area (Å²) in [5.41, 5.74) is 1.81. The first kappa shape index (κ1) is 24.3. The number of carbonyl (C=O) groups is 3. The number of imidazole rings is 1. The van der Waals surface area contributed by atoms with Crippen LogP contribution >= 0.6 is 0 Å². The zero-order valence-corrected chi connectivity index (χ0v) is 19.5.